The topological polar surface area (TPSA) is 130 Å². The van der Waals surface area contributed by atoms with Crippen LogP contribution in [0.2, 0.25) is 0 Å². The van der Waals surface area contributed by atoms with Crippen LogP contribution in [0.25, 0.3) is 0 Å². The number of benzene rings is 3. The molecule has 0 spiro atoms. The van der Waals surface area contributed by atoms with Gasteiger partial charge in [-0.15, -0.1) is 0 Å². The molecule has 10 nitrogen and oxygen atoms in total. The molecule has 0 radical (unpaired) electrons. The van der Waals surface area contributed by atoms with Gasteiger partial charge in [0.2, 0.25) is 5.91 Å². The Labute approximate surface area is 245 Å². The number of hydrogen-bond donors (Lipinski definition) is 4. The van der Waals surface area contributed by atoms with E-state index in [1.165, 1.54) is 7.11 Å². The second-order valence-electron chi connectivity index (χ2n) is 10.3. The predicted octanol–water partition coefficient (Wildman–Crippen LogP) is 4.27. The minimum atomic E-state index is -0.933. The molecule has 0 bridgehead atoms. The first-order chi connectivity index (χ1) is 20.5. The number of hydrogen-bond acceptors (Lipinski definition) is 7. The molecule has 218 valence electrons. The smallest absolute Gasteiger partial charge is 0.407 e. The zero-order valence-electron chi connectivity index (χ0n) is 23.7. The lowest BCUT2D eigenvalue weighted by Gasteiger charge is -2.29. The third-order valence-electron chi connectivity index (χ3n) is 7.42. The molecule has 1 aliphatic heterocycles. The normalized spacial score (nSPS) is 17.4. The summed E-state index contributed by atoms with van der Waals surface area (Å²) in [4.78, 5) is 30.8. The first-order valence-corrected chi connectivity index (χ1v) is 14.1. The summed E-state index contributed by atoms with van der Waals surface area (Å²) in [6, 6.07) is 26.1. The van der Waals surface area contributed by atoms with Crippen LogP contribution in [0.5, 0.6) is 0 Å². The molecule has 3 atom stereocenters. The average Bonchev–Trinajstić information content (AvgIpc) is 3.47. The van der Waals surface area contributed by atoms with E-state index in [1.807, 2.05) is 91.9 Å². The number of amides is 2. The van der Waals surface area contributed by atoms with E-state index in [4.69, 9.17) is 9.47 Å². The number of morpholine rings is 1. The molecule has 2 heterocycles. The molecule has 0 aliphatic carbocycles. The van der Waals surface area contributed by atoms with Crippen LogP contribution < -0.4 is 16.0 Å². The van der Waals surface area contributed by atoms with Crippen molar-refractivity contribution < 1.29 is 19.1 Å². The Bertz CT molecular complexity index is 1410. The van der Waals surface area contributed by atoms with Crippen LogP contribution in [0.4, 0.5) is 10.5 Å². The molecule has 42 heavy (non-hydrogen) atoms. The number of H-pyrrole nitrogens is 1. The maximum atomic E-state index is 14.0. The van der Waals surface area contributed by atoms with Crippen LogP contribution in [0.1, 0.15) is 46.7 Å². The lowest BCUT2D eigenvalue weighted by Crippen LogP contribution is -2.48. The van der Waals surface area contributed by atoms with Crippen LogP contribution >= 0.6 is 0 Å². The highest BCUT2D eigenvalue weighted by Gasteiger charge is 2.33. The monoisotopic (exact) mass is 568 g/mol. The van der Waals surface area contributed by atoms with Gasteiger partial charge < -0.3 is 25.4 Å². The summed E-state index contributed by atoms with van der Waals surface area (Å²) >= 11 is 0. The summed E-state index contributed by atoms with van der Waals surface area (Å²) in [5.74, 6) is 0.695. The van der Waals surface area contributed by atoms with Gasteiger partial charge in [-0.25, -0.2) is 9.78 Å². The maximum Gasteiger partial charge on any atom is 0.407 e. The van der Waals surface area contributed by atoms with Crippen molar-refractivity contribution in [3.05, 3.63) is 113 Å². The van der Waals surface area contributed by atoms with Crippen molar-refractivity contribution in [1.29, 1.82) is 0 Å². The van der Waals surface area contributed by atoms with Crippen molar-refractivity contribution in [1.82, 2.24) is 25.8 Å². The van der Waals surface area contributed by atoms with Gasteiger partial charge in [-0.2, -0.15) is 5.10 Å². The maximum absolute atomic E-state index is 14.0. The summed E-state index contributed by atoms with van der Waals surface area (Å²) in [7, 11) is 1.29. The van der Waals surface area contributed by atoms with Gasteiger partial charge in [-0.3, -0.25) is 9.89 Å². The molecule has 4 N–H and O–H groups in total. The largest absolute Gasteiger partial charge is 0.453 e. The lowest BCUT2D eigenvalue weighted by atomic mass is 9.84. The van der Waals surface area contributed by atoms with Gasteiger partial charge in [0.05, 0.1) is 25.9 Å². The molecule has 1 aromatic heterocycles. The molecular formula is C32H36N6O4. The summed E-state index contributed by atoms with van der Waals surface area (Å²) in [5, 5.41) is 16.5. The number of para-hydroxylation sites is 1. The fraction of sp³-hybridized carbons (Fsp3) is 0.312. The van der Waals surface area contributed by atoms with Crippen LogP contribution in [-0.4, -0.2) is 59.6 Å². The van der Waals surface area contributed by atoms with Crippen molar-refractivity contribution in [3.63, 3.8) is 0 Å². The van der Waals surface area contributed by atoms with Crippen molar-refractivity contribution in [2.24, 2.45) is 0 Å². The molecule has 5 rings (SSSR count). The Morgan fingerprint density at radius 3 is 2.26 bits per heavy atom. The Morgan fingerprint density at radius 1 is 1.00 bits per heavy atom. The molecule has 1 saturated heterocycles. The van der Waals surface area contributed by atoms with Gasteiger partial charge in [0, 0.05) is 18.2 Å². The summed E-state index contributed by atoms with van der Waals surface area (Å²) in [6.45, 7) is 3.03. The zero-order chi connectivity index (χ0) is 29.3. The van der Waals surface area contributed by atoms with Gasteiger partial charge in [0.1, 0.15) is 11.9 Å². The quantitative estimate of drug-likeness (QED) is 0.225. The second kappa shape index (κ2) is 13.9. The van der Waals surface area contributed by atoms with E-state index >= 15 is 0 Å². The fourth-order valence-electron chi connectivity index (χ4n) is 5.26. The first kappa shape index (κ1) is 29.0. The Balaban J connectivity index is 1.30. The Morgan fingerprint density at radius 2 is 1.67 bits per heavy atom. The van der Waals surface area contributed by atoms with Gasteiger partial charge in [0.25, 0.3) is 0 Å². The highest BCUT2D eigenvalue weighted by atomic mass is 16.5. The second-order valence-corrected chi connectivity index (χ2v) is 10.3. The van der Waals surface area contributed by atoms with E-state index in [-0.39, 0.29) is 18.1 Å². The van der Waals surface area contributed by atoms with Crippen LogP contribution in [0, 0.1) is 6.92 Å². The predicted molar refractivity (Wildman–Crippen MR) is 159 cm³/mol. The number of methoxy groups -OCH3 is 1. The number of carbonyl (C=O) groups excluding carboxylic acids is 2. The van der Waals surface area contributed by atoms with Crippen molar-refractivity contribution >= 4 is 17.7 Å². The third-order valence-corrected chi connectivity index (χ3v) is 7.42. The number of nitrogens with one attached hydrogen (secondary N) is 4. The minimum Gasteiger partial charge on any atom is -0.453 e. The molecular weight excluding hydrogens is 532 g/mol. The van der Waals surface area contributed by atoms with Crippen molar-refractivity contribution in [3.8, 4) is 0 Å². The number of rotatable bonds is 10. The van der Waals surface area contributed by atoms with E-state index in [0.717, 1.165) is 28.9 Å². The number of nitrogens with zero attached hydrogens (tertiary/aromatic N) is 2. The van der Waals surface area contributed by atoms with Crippen LogP contribution in [0.3, 0.4) is 0 Å². The molecule has 4 aromatic rings. The third kappa shape index (κ3) is 7.20. The zero-order valence-corrected chi connectivity index (χ0v) is 23.7. The molecule has 1 unspecified atom stereocenters. The van der Waals surface area contributed by atoms with Crippen LogP contribution in [0.15, 0.2) is 84.9 Å². The standard InChI is InChI=1S/C32H36N6O4/c1-21-34-30(38-37-21)27-20-42-25(19-33-27)18-17-22-11-9-10-16-26(22)35-31(39)29(36-32(40)41-2)28(23-12-5-3-6-13-23)24-14-7-4-8-15-24/h3-16,25,27-29,33H,17-20H2,1-2H3,(H,35,39)(H,36,40)(H,34,37,38)/t25-,27+,29?/m1/s1. The van der Waals surface area contributed by atoms with Gasteiger partial charge in [-0.1, -0.05) is 78.9 Å². The molecule has 3 aromatic carbocycles. The molecule has 2 amide bonds. The van der Waals surface area contributed by atoms with E-state index in [9.17, 15) is 9.59 Å². The van der Waals surface area contributed by atoms with E-state index in [2.05, 4.69) is 31.1 Å². The van der Waals surface area contributed by atoms with Crippen molar-refractivity contribution in [2.75, 3.05) is 25.6 Å². The van der Waals surface area contributed by atoms with Gasteiger partial charge >= 0.3 is 6.09 Å². The first-order valence-electron chi connectivity index (χ1n) is 14.1. The fourth-order valence-corrected chi connectivity index (χ4v) is 5.26. The number of carbonyl (C=O) groups is 2. The summed E-state index contributed by atoms with van der Waals surface area (Å²) in [5.41, 5.74) is 3.47. The van der Waals surface area contributed by atoms with E-state index in [1.54, 1.807) is 0 Å². The lowest BCUT2D eigenvalue weighted by molar-refractivity contribution is -0.118. The average molecular weight is 569 g/mol. The SMILES string of the molecule is COC(=O)NC(C(=O)Nc1ccccc1CC[C@@H]1CN[C@H](c2n[nH]c(C)n2)CO1)C(c1ccccc1)c1ccccc1. The summed E-state index contributed by atoms with van der Waals surface area (Å²) < 4.78 is 11.0. The number of aromatic amines is 1. The summed E-state index contributed by atoms with van der Waals surface area (Å²) in [6.07, 6.45) is 0.795. The number of anilines is 1. The van der Waals surface area contributed by atoms with Crippen molar-refractivity contribution in [2.45, 2.75) is 43.9 Å². The van der Waals surface area contributed by atoms with Crippen LogP contribution in [-0.2, 0) is 20.7 Å². The van der Waals surface area contributed by atoms with Gasteiger partial charge in [-0.05, 0) is 42.5 Å². The Hall–Kier alpha value is -4.54. The molecule has 0 saturated carbocycles. The Kier molecular flexibility index (Phi) is 9.58. The molecule has 1 fully saturated rings. The van der Waals surface area contributed by atoms with Gasteiger partial charge in [0.15, 0.2) is 5.82 Å². The number of alkyl carbamates (subject to hydrolysis) is 1. The highest BCUT2D eigenvalue weighted by molar-refractivity contribution is 5.98. The highest BCUT2D eigenvalue weighted by Crippen LogP contribution is 2.30. The molecule has 10 heteroatoms. The van der Waals surface area contributed by atoms with E-state index < -0.39 is 18.1 Å². The number of aromatic nitrogens is 3. The number of ether oxygens (including phenoxy) is 2. The van der Waals surface area contributed by atoms with E-state index in [0.29, 0.717) is 31.1 Å². The number of aryl methyl sites for hydroxylation is 2. The molecule has 1 aliphatic rings. The minimum absolute atomic E-state index is 0.0133.